The first-order valence-corrected chi connectivity index (χ1v) is 7.41. The van der Waals surface area contributed by atoms with Gasteiger partial charge >= 0.3 is 0 Å². The number of aliphatic hydroxyl groups is 1. The van der Waals surface area contributed by atoms with Crippen LogP contribution in [0.15, 0.2) is 54.6 Å². The van der Waals surface area contributed by atoms with Gasteiger partial charge in [0.25, 0.3) is 0 Å². The number of amides is 1. The first kappa shape index (κ1) is 16.0. The number of benzene rings is 2. The van der Waals surface area contributed by atoms with Gasteiger partial charge in [-0.15, -0.1) is 0 Å². The minimum atomic E-state index is -0.0112. The molecule has 0 radical (unpaired) electrons. The van der Waals surface area contributed by atoms with Gasteiger partial charge < -0.3 is 15.2 Å². The van der Waals surface area contributed by atoms with E-state index in [0.717, 1.165) is 23.3 Å². The Morgan fingerprint density at radius 1 is 1.00 bits per heavy atom. The van der Waals surface area contributed by atoms with E-state index in [1.807, 2.05) is 54.6 Å². The number of aliphatic hydroxyl groups excluding tert-OH is 1. The molecule has 0 bridgehead atoms. The molecule has 116 valence electrons. The highest BCUT2D eigenvalue weighted by Crippen LogP contribution is 2.08. The molecule has 22 heavy (non-hydrogen) atoms. The van der Waals surface area contributed by atoms with Crippen LogP contribution in [0.3, 0.4) is 0 Å². The van der Waals surface area contributed by atoms with Crippen molar-refractivity contribution in [2.24, 2.45) is 0 Å². The maximum atomic E-state index is 11.7. The molecule has 2 aromatic carbocycles. The molecular formula is C18H21NO3. The second-order valence-corrected chi connectivity index (χ2v) is 4.99. The molecule has 0 saturated heterocycles. The second kappa shape index (κ2) is 8.85. The van der Waals surface area contributed by atoms with Crippen LogP contribution in [0, 0.1) is 0 Å². The summed E-state index contributed by atoms with van der Waals surface area (Å²) in [6, 6.07) is 17.2. The Balaban J connectivity index is 1.61. The molecule has 0 saturated carbocycles. The van der Waals surface area contributed by atoms with E-state index in [2.05, 4.69) is 5.32 Å². The molecule has 2 aromatic rings. The van der Waals surface area contributed by atoms with E-state index in [1.165, 1.54) is 0 Å². The van der Waals surface area contributed by atoms with Crippen LogP contribution in [-0.4, -0.2) is 24.2 Å². The zero-order valence-electron chi connectivity index (χ0n) is 12.5. The fraction of sp³-hybridized carbons (Fsp3) is 0.278. The molecule has 0 heterocycles. The van der Waals surface area contributed by atoms with Crippen molar-refractivity contribution >= 4 is 5.91 Å². The van der Waals surface area contributed by atoms with Gasteiger partial charge in [0.1, 0.15) is 5.75 Å². The molecule has 2 N–H and O–H groups in total. The number of rotatable bonds is 8. The molecule has 4 nitrogen and oxygen atoms in total. The van der Waals surface area contributed by atoms with Gasteiger partial charge in [-0.05, 0) is 29.7 Å². The summed E-state index contributed by atoms with van der Waals surface area (Å²) in [6.07, 6.45) is 1.12. The van der Waals surface area contributed by atoms with Crippen LogP contribution in [-0.2, 0) is 17.8 Å². The number of hydrogen-bond donors (Lipinski definition) is 2. The smallest absolute Gasteiger partial charge is 0.223 e. The van der Waals surface area contributed by atoms with Crippen LogP contribution in [0.25, 0.3) is 0 Å². The molecule has 0 aliphatic heterocycles. The zero-order chi connectivity index (χ0) is 15.6. The maximum Gasteiger partial charge on any atom is 0.223 e. The lowest BCUT2D eigenvalue weighted by Crippen LogP contribution is -2.27. The van der Waals surface area contributed by atoms with E-state index in [-0.39, 0.29) is 12.5 Å². The number of ether oxygens (including phenoxy) is 1. The highest BCUT2D eigenvalue weighted by molar-refractivity contribution is 5.75. The summed E-state index contributed by atoms with van der Waals surface area (Å²) in [5, 5.41) is 11.9. The van der Waals surface area contributed by atoms with Crippen LogP contribution < -0.4 is 10.1 Å². The molecule has 0 fully saturated rings. The molecule has 1 amide bonds. The number of para-hydroxylation sites is 1. The van der Waals surface area contributed by atoms with Gasteiger partial charge in [-0.3, -0.25) is 4.79 Å². The topological polar surface area (TPSA) is 58.6 Å². The fourth-order valence-corrected chi connectivity index (χ4v) is 2.02. The molecular weight excluding hydrogens is 278 g/mol. The van der Waals surface area contributed by atoms with E-state index >= 15 is 0 Å². The van der Waals surface area contributed by atoms with Crippen LogP contribution >= 0.6 is 0 Å². The van der Waals surface area contributed by atoms with Gasteiger partial charge in [0.2, 0.25) is 5.91 Å². The highest BCUT2D eigenvalue weighted by atomic mass is 16.5. The Bertz CT molecular complexity index is 567. The van der Waals surface area contributed by atoms with Crippen molar-refractivity contribution < 1.29 is 14.6 Å². The number of carbonyl (C=O) groups is 1. The third kappa shape index (κ3) is 5.58. The standard InChI is InChI=1S/C18H21NO3/c20-14-16-8-6-15(7-9-16)10-12-19-18(21)11-13-22-17-4-2-1-3-5-17/h1-9,20H,10-14H2,(H,19,21). The molecule has 0 spiro atoms. The average molecular weight is 299 g/mol. The van der Waals surface area contributed by atoms with Crippen LogP contribution in [0.4, 0.5) is 0 Å². The third-order valence-corrected chi connectivity index (χ3v) is 3.28. The van der Waals surface area contributed by atoms with E-state index < -0.39 is 0 Å². The minimum Gasteiger partial charge on any atom is -0.493 e. The lowest BCUT2D eigenvalue weighted by molar-refractivity contribution is -0.121. The minimum absolute atomic E-state index is 0.0112. The maximum absolute atomic E-state index is 11.7. The Labute approximate surface area is 130 Å². The summed E-state index contributed by atoms with van der Waals surface area (Å²) in [6.45, 7) is 1.03. The van der Waals surface area contributed by atoms with E-state index in [0.29, 0.717) is 19.6 Å². The first-order chi connectivity index (χ1) is 10.8. The summed E-state index contributed by atoms with van der Waals surface area (Å²) in [7, 11) is 0. The summed E-state index contributed by atoms with van der Waals surface area (Å²) >= 11 is 0. The van der Waals surface area contributed by atoms with E-state index in [9.17, 15) is 4.79 Å². The highest BCUT2D eigenvalue weighted by Gasteiger charge is 2.02. The summed E-state index contributed by atoms with van der Waals surface area (Å²) in [5.74, 6) is 0.766. The zero-order valence-corrected chi connectivity index (χ0v) is 12.5. The summed E-state index contributed by atoms with van der Waals surface area (Å²) in [5.41, 5.74) is 2.03. The lowest BCUT2D eigenvalue weighted by atomic mass is 10.1. The fourth-order valence-electron chi connectivity index (χ4n) is 2.02. The third-order valence-electron chi connectivity index (χ3n) is 3.28. The Kier molecular flexibility index (Phi) is 6.45. The number of hydrogen-bond acceptors (Lipinski definition) is 3. The van der Waals surface area contributed by atoms with Crippen molar-refractivity contribution in [3.05, 3.63) is 65.7 Å². The molecule has 4 heteroatoms. The molecule has 2 rings (SSSR count). The monoisotopic (exact) mass is 299 g/mol. The van der Waals surface area contributed by atoms with Crippen LogP contribution in [0.5, 0.6) is 5.75 Å². The van der Waals surface area contributed by atoms with E-state index in [4.69, 9.17) is 9.84 Å². The molecule has 0 atom stereocenters. The van der Waals surface area contributed by atoms with Gasteiger partial charge in [-0.2, -0.15) is 0 Å². The predicted molar refractivity (Wildman–Crippen MR) is 85.6 cm³/mol. The second-order valence-electron chi connectivity index (χ2n) is 4.99. The van der Waals surface area contributed by atoms with Gasteiger partial charge in [0.05, 0.1) is 19.6 Å². The van der Waals surface area contributed by atoms with E-state index in [1.54, 1.807) is 0 Å². The Morgan fingerprint density at radius 2 is 1.68 bits per heavy atom. The number of carbonyl (C=O) groups excluding carboxylic acids is 1. The Morgan fingerprint density at radius 3 is 2.36 bits per heavy atom. The van der Waals surface area contributed by atoms with Crippen molar-refractivity contribution in [1.29, 1.82) is 0 Å². The molecule has 0 unspecified atom stereocenters. The molecule has 0 aliphatic rings. The van der Waals surface area contributed by atoms with Gasteiger partial charge in [0.15, 0.2) is 0 Å². The quantitative estimate of drug-likeness (QED) is 0.786. The molecule has 0 aliphatic carbocycles. The largest absolute Gasteiger partial charge is 0.493 e. The van der Waals surface area contributed by atoms with Crippen molar-refractivity contribution in [2.75, 3.05) is 13.2 Å². The Hall–Kier alpha value is -2.33. The average Bonchev–Trinajstić information content (AvgIpc) is 2.56. The summed E-state index contributed by atoms with van der Waals surface area (Å²) < 4.78 is 5.48. The van der Waals surface area contributed by atoms with Crippen LogP contribution in [0.1, 0.15) is 17.5 Å². The van der Waals surface area contributed by atoms with Crippen molar-refractivity contribution in [3.63, 3.8) is 0 Å². The van der Waals surface area contributed by atoms with Gasteiger partial charge in [-0.25, -0.2) is 0 Å². The van der Waals surface area contributed by atoms with Gasteiger partial charge in [-0.1, -0.05) is 42.5 Å². The normalized spacial score (nSPS) is 10.2. The number of nitrogens with one attached hydrogen (secondary N) is 1. The lowest BCUT2D eigenvalue weighted by Gasteiger charge is -2.07. The predicted octanol–water partition coefficient (Wildman–Crippen LogP) is 2.31. The van der Waals surface area contributed by atoms with Crippen LogP contribution in [0.2, 0.25) is 0 Å². The van der Waals surface area contributed by atoms with Crippen molar-refractivity contribution in [1.82, 2.24) is 5.32 Å². The van der Waals surface area contributed by atoms with Crippen molar-refractivity contribution in [2.45, 2.75) is 19.4 Å². The first-order valence-electron chi connectivity index (χ1n) is 7.41. The summed E-state index contributed by atoms with van der Waals surface area (Å²) in [4.78, 5) is 11.7. The SMILES string of the molecule is O=C(CCOc1ccccc1)NCCc1ccc(CO)cc1. The van der Waals surface area contributed by atoms with Crippen molar-refractivity contribution in [3.8, 4) is 5.75 Å². The van der Waals surface area contributed by atoms with Gasteiger partial charge in [0, 0.05) is 6.54 Å². The molecule has 0 aromatic heterocycles.